The molecule has 4 heterocycles. The Labute approximate surface area is 363 Å². The minimum absolute atomic E-state index is 0.00858. The average molecular weight is 861 g/mol. The van der Waals surface area contributed by atoms with E-state index in [1.165, 1.54) is 16.7 Å². The monoisotopic (exact) mass is 860 g/mol. The van der Waals surface area contributed by atoms with Crippen LogP contribution in [0.25, 0.3) is 12.2 Å². The molecule has 0 bridgehead atoms. The molecule has 6 saturated carbocycles. The van der Waals surface area contributed by atoms with Gasteiger partial charge >= 0.3 is 0 Å². The summed E-state index contributed by atoms with van der Waals surface area (Å²) >= 11 is 0. The van der Waals surface area contributed by atoms with E-state index in [-0.39, 0.29) is 60.5 Å². The van der Waals surface area contributed by atoms with E-state index in [0.29, 0.717) is 37.2 Å². The molecule has 8 fully saturated rings. The zero-order valence-corrected chi connectivity index (χ0v) is 36.9. The molecule has 15 atom stereocenters. The standard InChI is InChI=1S/C26H35NO7.C22H29NO5/c1-23-9-16-11-27-34-20(16)8-17(23)4-5-18-19-6-7-25(26(33-15-31-25)12-29-14-32-26)24(19,2)10-21(22(18)23)30-13-28-3;1-20-8-12-10-23-28-17(12)7-13(20)3-4-14-15-5-6-22(27,18(26)11-24)21(15,2)9-16(25)19(14)20/h8,11,18-19,21-22H,4-7,9-10,12-15H2,1-3H3;7,10,14-16,19,24-25,27H,3-6,8-9,11H2,1-2H3/t18?,19?,21-,22?,23-,24-,25?,26?;14?,15?,16-,19?,20-,21-,22-/m00/s1. The molecule has 12 rings (SSSR count). The molecule has 0 radical (unpaired) electrons. The van der Waals surface area contributed by atoms with Crippen molar-refractivity contribution in [3.05, 3.63) is 46.2 Å². The maximum atomic E-state index is 12.5. The van der Waals surface area contributed by atoms with Crippen LogP contribution in [0.4, 0.5) is 0 Å². The fourth-order valence-corrected chi connectivity index (χ4v) is 16.9. The molecule has 0 aromatic carbocycles. The zero-order chi connectivity index (χ0) is 43.1. The second kappa shape index (κ2) is 14.4. The van der Waals surface area contributed by atoms with E-state index < -0.39 is 40.9 Å². The van der Waals surface area contributed by atoms with Crippen LogP contribution in [0.5, 0.6) is 0 Å². The molecule has 8 unspecified atom stereocenters. The number of hydrogen-bond donors (Lipinski definition) is 3. The van der Waals surface area contributed by atoms with Crippen molar-refractivity contribution < 1.29 is 57.6 Å². The lowest BCUT2D eigenvalue weighted by molar-refractivity contribution is -0.264. The van der Waals surface area contributed by atoms with Crippen LogP contribution in [-0.4, -0.2) is 101 Å². The van der Waals surface area contributed by atoms with E-state index in [0.717, 1.165) is 81.3 Å². The van der Waals surface area contributed by atoms with Crippen molar-refractivity contribution >= 4 is 17.9 Å². The molecule has 2 aromatic heterocycles. The molecule has 2 saturated heterocycles. The van der Waals surface area contributed by atoms with Gasteiger partial charge in [-0.1, -0.05) is 49.2 Å². The van der Waals surface area contributed by atoms with Crippen LogP contribution in [0, 0.1) is 57.2 Å². The maximum Gasteiger partial charge on any atom is 0.226 e. The van der Waals surface area contributed by atoms with Crippen LogP contribution in [0.15, 0.2) is 32.6 Å². The summed E-state index contributed by atoms with van der Waals surface area (Å²) in [6.07, 6.45) is 17.8. The quantitative estimate of drug-likeness (QED) is 0.297. The summed E-state index contributed by atoms with van der Waals surface area (Å²) < 4.78 is 47.5. The normalized spacial score (nSPS) is 48.1. The van der Waals surface area contributed by atoms with Gasteiger partial charge < -0.3 is 52.8 Å². The van der Waals surface area contributed by atoms with Crippen molar-refractivity contribution in [2.75, 3.05) is 40.7 Å². The highest BCUT2D eigenvalue weighted by Gasteiger charge is 2.77. The summed E-state index contributed by atoms with van der Waals surface area (Å²) in [5.74, 6) is 2.36. The van der Waals surface area contributed by atoms with Gasteiger partial charge in [-0.25, -0.2) is 0 Å². The number of aliphatic hydroxyl groups is 3. The molecule has 2 spiro atoms. The lowest BCUT2D eigenvalue weighted by Crippen LogP contribution is -2.66. The van der Waals surface area contributed by atoms with Crippen molar-refractivity contribution in [3.63, 3.8) is 0 Å². The van der Waals surface area contributed by atoms with E-state index in [4.69, 9.17) is 37.5 Å². The Hall–Kier alpha value is -2.79. The molecule has 10 aliphatic rings. The largest absolute Gasteiger partial charge is 0.393 e. The number of Topliss-reactive ketones (excluding diaryl/α,β-unsaturated/α-hetero) is 1. The number of ketones is 1. The molecule has 14 heteroatoms. The Balaban J connectivity index is 0.000000142. The van der Waals surface area contributed by atoms with Crippen LogP contribution in [0.2, 0.25) is 0 Å². The summed E-state index contributed by atoms with van der Waals surface area (Å²) in [7, 11) is 1.70. The van der Waals surface area contributed by atoms with E-state index in [9.17, 15) is 20.1 Å². The third-order valence-electron chi connectivity index (χ3n) is 19.6. The highest BCUT2D eigenvalue weighted by Crippen LogP contribution is 2.72. The van der Waals surface area contributed by atoms with E-state index in [2.05, 4.69) is 43.2 Å². The van der Waals surface area contributed by atoms with Crippen molar-refractivity contribution in [2.45, 2.75) is 134 Å². The first-order valence-corrected chi connectivity index (χ1v) is 23.1. The topological polar surface area (TPSA) is 185 Å². The lowest BCUT2D eigenvalue weighted by atomic mass is 9.45. The Kier molecular flexibility index (Phi) is 9.70. The second-order valence-corrected chi connectivity index (χ2v) is 21.7. The van der Waals surface area contributed by atoms with Crippen molar-refractivity contribution in [1.82, 2.24) is 10.3 Å². The minimum atomic E-state index is -1.54. The van der Waals surface area contributed by atoms with E-state index in [1.54, 1.807) is 13.3 Å². The first kappa shape index (κ1) is 41.9. The molecule has 338 valence electrons. The van der Waals surface area contributed by atoms with Gasteiger partial charge in [-0.2, -0.15) is 0 Å². The van der Waals surface area contributed by atoms with Crippen LogP contribution in [-0.2, 0) is 46.1 Å². The highest BCUT2D eigenvalue weighted by atomic mass is 16.9. The van der Waals surface area contributed by atoms with Crippen LogP contribution in [0.1, 0.15) is 115 Å². The highest BCUT2D eigenvalue weighted by molar-refractivity contribution is 5.89. The third kappa shape index (κ3) is 5.39. The molecular weight excluding hydrogens is 797 g/mol. The molecule has 3 N–H and O–H groups in total. The van der Waals surface area contributed by atoms with Gasteiger partial charge in [0.15, 0.2) is 30.9 Å². The van der Waals surface area contributed by atoms with Crippen LogP contribution in [0.3, 0.4) is 0 Å². The number of fused-ring (bicyclic) bond motifs is 14. The smallest absolute Gasteiger partial charge is 0.226 e. The predicted molar refractivity (Wildman–Crippen MR) is 220 cm³/mol. The Bertz CT molecular complexity index is 2150. The summed E-state index contributed by atoms with van der Waals surface area (Å²) in [4.78, 5) is 12.5. The molecule has 14 nitrogen and oxygen atoms in total. The molecule has 8 aliphatic carbocycles. The van der Waals surface area contributed by atoms with Gasteiger partial charge in [0.1, 0.15) is 31.2 Å². The van der Waals surface area contributed by atoms with Crippen LogP contribution >= 0.6 is 0 Å². The summed E-state index contributed by atoms with van der Waals surface area (Å²) in [5.41, 5.74) is 2.04. The molecule has 0 amide bonds. The number of carbonyl (C=O) groups excluding carboxylic acids is 1. The molecule has 2 aromatic rings. The van der Waals surface area contributed by atoms with Gasteiger partial charge in [0, 0.05) is 29.1 Å². The van der Waals surface area contributed by atoms with Crippen LogP contribution < -0.4 is 0 Å². The Morgan fingerprint density at radius 2 is 1.42 bits per heavy atom. The number of nitrogens with zero attached hydrogens (tertiary/aromatic N) is 2. The Morgan fingerprint density at radius 1 is 0.806 bits per heavy atom. The zero-order valence-electron chi connectivity index (χ0n) is 36.9. The SMILES string of the molecule is COCO[C@H]1C[C@@]2(C)C(CCC23OCOC32COCO2)C2CCC3=Cc4oncc4C[C@]3(C)C21.C[C@]12Cc3cnoc3C=C1CCC1C2[C@@H](O)C[C@@]2(C)C1CC[C@]2(O)C(=O)CO. The van der Waals surface area contributed by atoms with E-state index >= 15 is 0 Å². The Morgan fingerprint density at radius 3 is 2.05 bits per heavy atom. The third-order valence-corrected chi connectivity index (χ3v) is 19.6. The number of hydrogen-bond acceptors (Lipinski definition) is 14. The fraction of sp³-hybridized carbons (Fsp3) is 0.771. The van der Waals surface area contributed by atoms with Gasteiger partial charge in [-0.3, -0.25) is 4.79 Å². The maximum absolute atomic E-state index is 12.5. The predicted octanol–water partition coefficient (Wildman–Crippen LogP) is 6.02. The van der Waals surface area contributed by atoms with Gasteiger partial charge in [-0.15, -0.1) is 0 Å². The number of aromatic nitrogens is 2. The van der Waals surface area contributed by atoms with Gasteiger partial charge in [0.05, 0.1) is 24.6 Å². The van der Waals surface area contributed by atoms with Gasteiger partial charge in [0.25, 0.3) is 0 Å². The lowest BCUT2D eigenvalue weighted by Gasteiger charge is -2.62. The number of rotatable bonds is 5. The van der Waals surface area contributed by atoms with Crippen molar-refractivity contribution in [3.8, 4) is 0 Å². The van der Waals surface area contributed by atoms with Crippen molar-refractivity contribution in [1.29, 1.82) is 0 Å². The second-order valence-electron chi connectivity index (χ2n) is 21.7. The van der Waals surface area contributed by atoms with Crippen molar-refractivity contribution in [2.24, 2.45) is 57.2 Å². The first-order chi connectivity index (χ1) is 29.7. The van der Waals surface area contributed by atoms with Gasteiger partial charge in [-0.05, 0) is 136 Å². The number of carbonyl (C=O) groups is 1. The summed E-state index contributed by atoms with van der Waals surface area (Å²) in [5, 5.41) is 40.1. The van der Waals surface area contributed by atoms with E-state index in [1.807, 2.05) is 13.1 Å². The first-order valence-electron chi connectivity index (χ1n) is 23.1. The minimum Gasteiger partial charge on any atom is -0.393 e. The summed E-state index contributed by atoms with van der Waals surface area (Å²) in [6.45, 7) is 9.61. The summed E-state index contributed by atoms with van der Waals surface area (Å²) in [6, 6.07) is 0. The van der Waals surface area contributed by atoms with Gasteiger partial charge in [0.2, 0.25) is 5.79 Å². The number of methoxy groups -OCH3 is 1. The molecule has 62 heavy (non-hydrogen) atoms. The number of allylic oxidation sites excluding steroid dienone is 2. The number of aliphatic hydroxyl groups excluding tert-OH is 2. The fourth-order valence-electron chi connectivity index (χ4n) is 16.9. The average Bonchev–Trinajstić information content (AvgIpc) is 4.12. The molecular formula is C48H64N2O12. The molecule has 2 aliphatic heterocycles. The number of ether oxygens (including phenoxy) is 6.